The van der Waals surface area contributed by atoms with Crippen LogP contribution >= 0.6 is 0 Å². The van der Waals surface area contributed by atoms with Gasteiger partial charge in [0.1, 0.15) is 0 Å². The van der Waals surface area contributed by atoms with E-state index in [2.05, 4.69) is 50.4 Å². The largest absolute Gasteiger partial charge is 0.310 e. The molecule has 1 aromatic rings. The van der Waals surface area contributed by atoms with E-state index in [9.17, 15) is 0 Å². The molecule has 1 aromatic carbocycles. The van der Waals surface area contributed by atoms with E-state index in [0.29, 0.717) is 6.04 Å². The highest BCUT2D eigenvalue weighted by Crippen LogP contribution is 2.35. The van der Waals surface area contributed by atoms with E-state index in [-0.39, 0.29) is 0 Å². The summed E-state index contributed by atoms with van der Waals surface area (Å²) < 4.78 is 0. The number of nitrogens with one attached hydrogen (secondary N) is 1. The summed E-state index contributed by atoms with van der Waals surface area (Å²) >= 11 is 0. The Kier molecular flexibility index (Phi) is 6.09. The maximum Gasteiger partial charge on any atom is 0.0322 e. The molecule has 0 radical (unpaired) electrons. The Balaban J connectivity index is 2.05. The Bertz CT molecular complexity index is 393. The maximum atomic E-state index is 3.77. The zero-order valence-corrected chi connectivity index (χ0v) is 13.5. The highest BCUT2D eigenvalue weighted by atomic mass is 14.9. The van der Waals surface area contributed by atoms with E-state index >= 15 is 0 Å². The van der Waals surface area contributed by atoms with Crippen molar-refractivity contribution >= 4 is 0 Å². The van der Waals surface area contributed by atoms with Gasteiger partial charge in [0, 0.05) is 6.04 Å². The van der Waals surface area contributed by atoms with Gasteiger partial charge >= 0.3 is 0 Å². The molecule has 0 amide bonds. The van der Waals surface area contributed by atoms with Crippen molar-refractivity contribution in [1.82, 2.24) is 5.32 Å². The molecule has 0 heterocycles. The van der Waals surface area contributed by atoms with Crippen LogP contribution in [-0.2, 0) is 6.42 Å². The van der Waals surface area contributed by atoms with Crippen LogP contribution in [-0.4, -0.2) is 6.54 Å². The summed E-state index contributed by atoms with van der Waals surface area (Å²) in [5, 5.41) is 3.77. The van der Waals surface area contributed by atoms with Gasteiger partial charge in [-0.05, 0) is 48.8 Å². The minimum atomic E-state index is 0.562. The molecule has 1 aliphatic rings. The summed E-state index contributed by atoms with van der Waals surface area (Å²) in [6, 6.07) is 9.84. The van der Waals surface area contributed by atoms with Gasteiger partial charge in [0.25, 0.3) is 0 Å². The van der Waals surface area contributed by atoms with Gasteiger partial charge in [-0.3, -0.25) is 0 Å². The molecular formula is C19H31N. The molecule has 20 heavy (non-hydrogen) atoms. The fourth-order valence-electron chi connectivity index (χ4n) is 3.13. The quantitative estimate of drug-likeness (QED) is 0.693. The highest BCUT2D eigenvalue weighted by Gasteiger charge is 2.22. The van der Waals surface area contributed by atoms with Gasteiger partial charge in [-0.25, -0.2) is 0 Å². The van der Waals surface area contributed by atoms with Crippen LogP contribution < -0.4 is 5.32 Å². The van der Waals surface area contributed by atoms with Crippen molar-refractivity contribution in [3.8, 4) is 0 Å². The Morgan fingerprint density at radius 1 is 1.25 bits per heavy atom. The summed E-state index contributed by atoms with van der Waals surface area (Å²) in [6.07, 6.45) is 8.06. The molecular weight excluding hydrogens is 242 g/mol. The SMILES string of the molecule is CCCNC(CC1CCC1)c1cccc(CC(C)C)c1. The van der Waals surface area contributed by atoms with Gasteiger partial charge in [0.05, 0.1) is 0 Å². The first-order valence-corrected chi connectivity index (χ1v) is 8.51. The summed E-state index contributed by atoms with van der Waals surface area (Å²) in [7, 11) is 0. The average Bonchev–Trinajstić information content (AvgIpc) is 2.36. The fraction of sp³-hybridized carbons (Fsp3) is 0.684. The minimum Gasteiger partial charge on any atom is -0.310 e. The minimum absolute atomic E-state index is 0.562. The van der Waals surface area contributed by atoms with E-state index in [1.165, 1.54) is 49.7 Å². The topological polar surface area (TPSA) is 12.0 Å². The molecule has 1 heteroatoms. The third kappa shape index (κ3) is 4.63. The van der Waals surface area contributed by atoms with Crippen LogP contribution in [0, 0.1) is 11.8 Å². The van der Waals surface area contributed by atoms with E-state index in [4.69, 9.17) is 0 Å². The van der Waals surface area contributed by atoms with Crippen molar-refractivity contribution in [2.24, 2.45) is 11.8 Å². The van der Waals surface area contributed by atoms with Gasteiger partial charge in [0.2, 0.25) is 0 Å². The van der Waals surface area contributed by atoms with Crippen molar-refractivity contribution in [2.45, 2.75) is 65.3 Å². The lowest BCUT2D eigenvalue weighted by atomic mass is 9.79. The first kappa shape index (κ1) is 15.6. The van der Waals surface area contributed by atoms with E-state index in [0.717, 1.165) is 18.4 Å². The van der Waals surface area contributed by atoms with Crippen LogP contribution in [0.4, 0.5) is 0 Å². The molecule has 1 nitrogen and oxygen atoms in total. The Labute approximate surface area is 125 Å². The van der Waals surface area contributed by atoms with Gasteiger partial charge in [-0.1, -0.05) is 64.3 Å². The lowest BCUT2D eigenvalue weighted by Crippen LogP contribution is -2.26. The summed E-state index contributed by atoms with van der Waals surface area (Å²) in [4.78, 5) is 0. The van der Waals surface area contributed by atoms with E-state index in [1.807, 2.05) is 0 Å². The van der Waals surface area contributed by atoms with Crippen molar-refractivity contribution < 1.29 is 0 Å². The van der Waals surface area contributed by atoms with Crippen LogP contribution in [0.1, 0.15) is 70.0 Å². The molecule has 0 aromatic heterocycles. The predicted octanol–water partition coefficient (Wildman–Crippen LogP) is 5.12. The smallest absolute Gasteiger partial charge is 0.0322 e. The summed E-state index contributed by atoms with van der Waals surface area (Å²) in [5.74, 6) is 1.69. The van der Waals surface area contributed by atoms with Gasteiger partial charge in [-0.2, -0.15) is 0 Å². The number of rotatable bonds is 8. The zero-order chi connectivity index (χ0) is 14.4. The lowest BCUT2D eigenvalue weighted by molar-refractivity contribution is 0.261. The van der Waals surface area contributed by atoms with Crippen molar-refractivity contribution in [2.75, 3.05) is 6.54 Å². The van der Waals surface area contributed by atoms with Crippen LogP contribution in [0.2, 0.25) is 0 Å². The summed E-state index contributed by atoms with van der Waals surface area (Å²) in [6.45, 7) is 7.98. The molecule has 1 saturated carbocycles. The second-order valence-corrected chi connectivity index (χ2v) is 6.88. The van der Waals surface area contributed by atoms with Crippen LogP contribution in [0.3, 0.4) is 0 Å². The monoisotopic (exact) mass is 273 g/mol. The number of hydrogen-bond acceptors (Lipinski definition) is 1. The van der Waals surface area contributed by atoms with Crippen molar-refractivity contribution in [3.05, 3.63) is 35.4 Å². The first-order valence-electron chi connectivity index (χ1n) is 8.51. The van der Waals surface area contributed by atoms with Crippen molar-refractivity contribution in [3.63, 3.8) is 0 Å². The third-order valence-electron chi connectivity index (χ3n) is 4.43. The van der Waals surface area contributed by atoms with Gasteiger partial charge in [0.15, 0.2) is 0 Å². The third-order valence-corrected chi connectivity index (χ3v) is 4.43. The second kappa shape index (κ2) is 7.83. The number of benzene rings is 1. The Morgan fingerprint density at radius 2 is 2.05 bits per heavy atom. The molecule has 0 bridgehead atoms. The van der Waals surface area contributed by atoms with E-state index in [1.54, 1.807) is 0 Å². The average molecular weight is 273 g/mol. The molecule has 0 saturated heterocycles. The lowest BCUT2D eigenvalue weighted by Gasteiger charge is -2.30. The molecule has 1 atom stereocenters. The second-order valence-electron chi connectivity index (χ2n) is 6.88. The van der Waals surface area contributed by atoms with E-state index < -0.39 is 0 Å². The first-order chi connectivity index (χ1) is 9.69. The molecule has 2 rings (SSSR count). The zero-order valence-electron chi connectivity index (χ0n) is 13.5. The van der Waals surface area contributed by atoms with Crippen LogP contribution in [0.25, 0.3) is 0 Å². The highest BCUT2D eigenvalue weighted by molar-refractivity contribution is 5.26. The predicted molar refractivity (Wildman–Crippen MR) is 88.0 cm³/mol. The molecule has 0 aliphatic heterocycles. The molecule has 1 fully saturated rings. The summed E-state index contributed by atoms with van der Waals surface area (Å²) in [5.41, 5.74) is 3.00. The van der Waals surface area contributed by atoms with Gasteiger partial charge < -0.3 is 5.32 Å². The van der Waals surface area contributed by atoms with Crippen LogP contribution in [0.5, 0.6) is 0 Å². The normalized spacial score (nSPS) is 17.2. The molecule has 0 spiro atoms. The van der Waals surface area contributed by atoms with Gasteiger partial charge in [-0.15, -0.1) is 0 Å². The standard InChI is InChI=1S/C19H31N/c1-4-11-20-19(14-16-7-5-8-16)18-10-6-9-17(13-18)12-15(2)3/h6,9-10,13,15-16,19-20H,4-5,7-8,11-12,14H2,1-3H3. The number of hydrogen-bond donors (Lipinski definition) is 1. The maximum absolute atomic E-state index is 3.77. The molecule has 112 valence electrons. The Hall–Kier alpha value is -0.820. The van der Waals surface area contributed by atoms with Crippen LogP contribution in [0.15, 0.2) is 24.3 Å². The Morgan fingerprint density at radius 3 is 2.65 bits per heavy atom. The molecule has 1 N–H and O–H groups in total. The molecule has 1 unspecified atom stereocenters. The molecule has 1 aliphatic carbocycles. The van der Waals surface area contributed by atoms with Crippen molar-refractivity contribution in [1.29, 1.82) is 0 Å². The fourth-order valence-corrected chi connectivity index (χ4v) is 3.13.